The average Bonchev–Trinajstić information content (AvgIpc) is 3.11. The zero-order valence-electron chi connectivity index (χ0n) is 13.2. The number of nitrogens with one attached hydrogen (secondary N) is 1. The number of ether oxygens (including phenoxy) is 1. The molecule has 1 aromatic heterocycles. The Morgan fingerprint density at radius 2 is 2.17 bits per heavy atom. The first-order valence-electron chi connectivity index (χ1n) is 7.24. The van der Waals surface area contributed by atoms with E-state index < -0.39 is 0 Å². The van der Waals surface area contributed by atoms with Crippen molar-refractivity contribution < 1.29 is 18.7 Å². The van der Waals surface area contributed by atoms with E-state index >= 15 is 0 Å². The molecule has 0 fully saturated rings. The molecule has 24 heavy (non-hydrogen) atoms. The summed E-state index contributed by atoms with van der Waals surface area (Å²) >= 11 is 0. The number of likely N-dealkylation sites (N-methyl/N-ethyl adjacent to an activating group) is 1. The van der Waals surface area contributed by atoms with Crippen LogP contribution in [0.15, 0.2) is 47.1 Å². The molecule has 0 radical (unpaired) electrons. The van der Waals surface area contributed by atoms with Crippen molar-refractivity contribution in [2.45, 2.75) is 6.54 Å². The molecule has 0 saturated carbocycles. The SMILES string of the molecule is CN(CC(=O)NCc1ccco1)C(=O)COc1cccc(C#N)c1. The lowest BCUT2D eigenvalue weighted by Gasteiger charge is -2.17. The van der Waals surface area contributed by atoms with Crippen molar-refractivity contribution >= 4 is 11.8 Å². The lowest BCUT2D eigenvalue weighted by molar-refractivity contribution is -0.136. The Labute approximate surface area is 139 Å². The monoisotopic (exact) mass is 327 g/mol. The molecular weight excluding hydrogens is 310 g/mol. The Kier molecular flexibility index (Phi) is 5.97. The Morgan fingerprint density at radius 3 is 2.88 bits per heavy atom. The van der Waals surface area contributed by atoms with E-state index in [1.54, 1.807) is 36.4 Å². The molecule has 2 rings (SSSR count). The lowest BCUT2D eigenvalue weighted by Crippen LogP contribution is -2.40. The number of carbonyl (C=O) groups excluding carboxylic acids is 2. The van der Waals surface area contributed by atoms with Crippen molar-refractivity contribution in [2.24, 2.45) is 0 Å². The Bertz CT molecular complexity index is 735. The van der Waals surface area contributed by atoms with Crippen molar-refractivity contribution in [3.05, 3.63) is 54.0 Å². The van der Waals surface area contributed by atoms with Crippen LogP contribution in [0.2, 0.25) is 0 Å². The van der Waals surface area contributed by atoms with E-state index in [0.717, 1.165) is 0 Å². The number of carbonyl (C=O) groups is 2. The summed E-state index contributed by atoms with van der Waals surface area (Å²) in [7, 11) is 1.52. The van der Waals surface area contributed by atoms with Crippen LogP contribution in [0.4, 0.5) is 0 Å². The van der Waals surface area contributed by atoms with Gasteiger partial charge in [-0.05, 0) is 30.3 Å². The van der Waals surface area contributed by atoms with E-state index in [-0.39, 0.29) is 31.5 Å². The van der Waals surface area contributed by atoms with Crippen molar-refractivity contribution in [1.29, 1.82) is 5.26 Å². The molecule has 1 N–H and O–H groups in total. The Morgan fingerprint density at radius 1 is 1.33 bits per heavy atom. The van der Waals surface area contributed by atoms with Crippen molar-refractivity contribution in [3.63, 3.8) is 0 Å². The number of furan rings is 1. The molecule has 0 unspecified atom stereocenters. The van der Waals surface area contributed by atoms with Crippen LogP contribution in [-0.4, -0.2) is 36.9 Å². The van der Waals surface area contributed by atoms with E-state index in [9.17, 15) is 9.59 Å². The van der Waals surface area contributed by atoms with Crippen molar-refractivity contribution in [2.75, 3.05) is 20.2 Å². The predicted molar refractivity (Wildman–Crippen MR) is 84.8 cm³/mol. The van der Waals surface area contributed by atoms with Gasteiger partial charge in [0.25, 0.3) is 5.91 Å². The van der Waals surface area contributed by atoms with E-state index in [2.05, 4.69) is 5.32 Å². The predicted octanol–water partition coefficient (Wildman–Crippen LogP) is 1.30. The molecule has 0 atom stereocenters. The normalized spacial score (nSPS) is 9.83. The molecular formula is C17H17N3O4. The van der Waals surface area contributed by atoms with Crippen LogP contribution < -0.4 is 10.1 Å². The highest BCUT2D eigenvalue weighted by Gasteiger charge is 2.14. The Balaban J connectivity index is 1.75. The number of benzene rings is 1. The lowest BCUT2D eigenvalue weighted by atomic mass is 10.2. The van der Waals surface area contributed by atoms with Gasteiger partial charge in [0.2, 0.25) is 5.91 Å². The summed E-state index contributed by atoms with van der Waals surface area (Å²) in [6.07, 6.45) is 1.52. The van der Waals surface area contributed by atoms with Crippen LogP contribution in [-0.2, 0) is 16.1 Å². The Hall–Kier alpha value is -3.27. The van der Waals surface area contributed by atoms with Gasteiger partial charge in [0.15, 0.2) is 6.61 Å². The first-order chi connectivity index (χ1) is 11.6. The van der Waals surface area contributed by atoms with E-state index in [1.807, 2.05) is 6.07 Å². The molecule has 0 spiro atoms. The van der Waals surface area contributed by atoms with Gasteiger partial charge in [0, 0.05) is 7.05 Å². The summed E-state index contributed by atoms with van der Waals surface area (Å²) in [6, 6.07) is 12.0. The third-order valence-electron chi connectivity index (χ3n) is 3.17. The fraction of sp³-hybridized carbons (Fsp3) is 0.235. The zero-order chi connectivity index (χ0) is 17.4. The van der Waals surface area contributed by atoms with Gasteiger partial charge in [-0.15, -0.1) is 0 Å². The van der Waals surface area contributed by atoms with Crippen LogP contribution in [0, 0.1) is 11.3 Å². The molecule has 0 saturated heterocycles. The number of hydrogen-bond donors (Lipinski definition) is 1. The van der Waals surface area contributed by atoms with E-state index in [0.29, 0.717) is 17.1 Å². The summed E-state index contributed by atoms with van der Waals surface area (Å²) in [5.74, 6) is 0.426. The van der Waals surface area contributed by atoms with E-state index in [4.69, 9.17) is 14.4 Å². The number of nitrogens with zero attached hydrogens (tertiary/aromatic N) is 2. The number of nitriles is 1. The largest absolute Gasteiger partial charge is 0.484 e. The van der Waals surface area contributed by atoms with Crippen LogP contribution in [0.1, 0.15) is 11.3 Å². The minimum absolute atomic E-state index is 0.0822. The highest BCUT2D eigenvalue weighted by atomic mass is 16.5. The van der Waals surface area contributed by atoms with Gasteiger partial charge in [-0.2, -0.15) is 5.26 Å². The molecule has 2 aromatic rings. The third-order valence-corrected chi connectivity index (χ3v) is 3.17. The van der Waals surface area contributed by atoms with Crippen LogP contribution in [0.3, 0.4) is 0 Å². The van der Waals surface area contributed by atoms with Crippen LogP contribution in [0.25, 0.3) is 0 Å². The van der Waals surface area contributed by atoms with Gasteiger partial charge >= 0.3 is 0 Å². The fourth-order valence-corrected chi connectivity index (χ4v) is 1.87. The van der Waals surface area contributed by atoms with Gasteiger partial charge in [0.05, 0.1) is 31.0 Å². The van der Waals surface area contributed by atoms with E-state index in [1.165, 1.54) is 18.2 Å². The first kappa shape index (κ1) is 17.1. The van der Waals surface area contributed by atoms with Gasteiger partial charge in [-0.3, -0.25) is 9.59 Å². The molecule has 2 amide bonds. The van der Waals surface area contributed by atoms with Crippen LogP contribution in [0.5, 0.6) is 5.75 Å². The van der Waals surface area contributed by atoms with Gasteiger partial charge in [-0.1, -0.05) is 6.07 Å². The molecule has 1 aromatic carbocycles. The molecule has 0 bridgehead atoms. The number of rotatable bonds is 7. The number of amides is 2. The zero-order valence-corrected chi connectivity index (χ0v) is 13.2. The second kappa shape index (κ2) is 8.39. The second-order valence-corrected chi connectivity index (χ2v) is 5.03. The molecule has 0 aliphatic rings. The highest BCUT2D eigenvalue weighted by molar-refractivity contribution is 5.85. The molecule has 0 aliphatic carbocycles. The summed E-state index contributed by atoms with van der Waals surface area (Å²) in [4.78, 5) is 25.0. The van der Waals surface area contributed by atoms with Crippen LogP contribution >= 0.6 is 0 Å². The van der Waals surface area contributed by atoms with Gasteiger partial charge in [-0.25, -0.2) is 0 Å². The maximum Gasteiger partial charge on any atom is 0.260 e. The fourth-order valence-electron chi connectivity index (χ4n) is 1.87. The van der Waals surface area contributed by atoms with Gasteiger partial charge < -0.3 is 19.4 Å². The summed E-state index contributed by atoms with van der Waals surface area (Å²) in [6.45, 7) is -0.0245. The summed E-state index contributed by atoms with van der Waals surface area (Å²) < 4.78 is 10.4. The molecule has 7 nitrogen and oxygen atoms in total. The molecule has 0 aliphatic heterocycles. The minimum atomic E-state index is -0.342. The maximum atomic E-state index is 12.0. The smallest absolute Gasteiger partial charge is 0.260 e. The van der Waals surface area contributed by atoms with Gasteiger partial charge in [0.1, 0.15) is 11.5 Å². The standard InChI is InChI=1S/C17H17N3O4/c1-20(11-16(21)19-10-15-6-3-7-23-15)17(22)12-24-14-5-2-4-13(8-14)9-18/h2-8H,10-12H2,1H3,(H,19,21). The van der Waals surface area contributed by atoms with Crippen molar-refractivity contribution in [3.8, 4) is 11.8 Å². The molecule has 7 heteroatoms. The third kappa shape index (κ3) is 5.18. The summed E-state index contributed by atoms with van der Waals surface area (Å²) in [5, 5.41) is 11.5. The highest BCUT2D eigenvalue weighted by Crippen LogP contribution is 2.12. The quantitative estimate of drug-likeness (QED) is 0.827. The first-order valence-corrected chi connectivity index (χ1v) is 7.24. The van der Waals surface area contributed by atoms with Crippen molar-refractivity contribution in [1.82, 2.24) is 10.2 Å². The molecule has 124 valence electrons. The average molecular weight is 327 g/mol. The maximum absolute atomic E-state index is 12.0. The number of hydrogen-bond acceptors (Lipinski definition) is 5. The second-order valence-electron chi connectivity index (χ2n) is 5.03. The topological polar surface area (TPSA) is 95.6 Å². The minimum Gasteiger partial charge on any atom is -0.484 e. The molecule has 1 heterocycles. The summed E-state index contributed by atoms with van der Waals surface area (Å²) in [5.41, 5.74) is 0.450.